The van der Waals surface area contributed by atoms with Crippen LogP contribution in [0.2, 0.25) is 0 Å². The van der Waals surface area contributed by atoms with E-state index in [4.69, 9.17) is 4.74 Å². The number of hydrogen-bond donors (Lipinski definition) is 2. The number of rotatable bonds is 7. The van der Waals surface area contributed by atoms with Crippen LogP contribution in [0.3, 0.4) is 0 Å². The Labute approximate surface area is 254 Å². The summed E-state index contributed by atoms with van der Waals surface area (Å²) < 4.78 is 6.29. The molecule has 2 aromatic carbocycles. The molecule has 0 aliphatic carbocycles. The molecule has 0 aromatic heterocycles. The van der Waals surface area contributed by atoms with Crippen LogP contribution in [-0.4, -0.2) is 66.1 Å². The highest BCUT2D eigenvalue weighted by Gasteiger charge is 2.43. The predicted octanol–water partition coefficient (Wildman–Crippen LogP) is 4.52. The number of fused-ring (bicyclic) bond motifs is 1. The third kappa shape index (κ3) is 7.02. The molecule has 0 unspecified atom stereocenters. The number of benzene rings is 2. The van der Waals surface area contributed by atoms with Crippen LogP contribution in [0.15, 0.2) is 40.9 Å². The second-order valence-corrected chi connectivity index (χ2v) is 12.4. The van der Waals surface area contributed by atoms with Gasteiger partial charge in [0.2, 0.25) is 11.8 Å². The van der Waals surface area contributed by atoms with Crippen molar-refractivity contribution in [3.63, 3.8) is 0 Å². The Morgan fingerprint density at radius 1 is 1.19 bits per heavy atom. The van der Waals surface area contributed by atoms with Gasteiger partial charge < -0.3 is 25.0 Å². The normalized spacial score (nSPS) is 17.5. The van der Waals surface area contributed by atoms with Gasteiger partial charge in [0.25, 0.3) is 5.91 Å². The maximum Gasteiger partial charge on any atom is 0.407 e. The van der Waals surface area contributed by atoms with E-state index >= 15 is 0 Å². The predicted molar refractivity (Wildman–Crippen MR) is 161 cm³/mol. The van der Waals surface area contributed by atoms with Gasteiger partial charge in [0.05, 0.1) is 42.7 Å². The zero-order valence-corrected chi connectivity index (χ0v) is 26.4. The van der Waals surface area contributed by atoms with Gasteiger partial charge in [0.15, 0.2) is 0 Å². The van der Waals surface area contributed by atoms with Crippen molar-refractivity contribution in [1.82, 2.24) is 10.2 Å². The number of ether oxygens (including phenoxy) is 1. The zero-order valence-electron chi connectivity index (χ0n) is 24.8. The molecule has 1 heterocycles. The number of carbonyl (C=O) groups is 4. The molecule has 0 spiro atoms. The molecule has 0 fully saturated rings. The molecule has 3 rings (SSSR count). The van der Waals surface area contributed by atoms with E-state index < -0.39 is 47.4 Å². The van der Waals surface area contributed by atoms with Crippen molar-refractivity contribution in [1.29, 1.82) is 5.26 Å². The van der Waals surface area contributed by atoms with Gasteiger partial charge in [-0.05, 0) is 55.2 Å². The summed E-state index contributed by atoms with van der Waals surface area (Å²) in [5.74, 6) is -1.05. The van der Waals surface area contributed by atoms with E-state index in [-0.39, 0.29) is 18.5 Å². The molecule has 2 N–H and O–H groups in total. The Morgan fingerprint density at radius 3 is 2.40 bits per heavy atom. The van der Waals surface area contributed by atoms with Crippen LogP contribution in [0.5, 0.6) is 5.75 Å². The van der Waals surface area contributed by atoms with E-state index in [1.165, 1.54) is 36.9 Å². The van der Waals surface area contributed by atoms with E-state index in [1.807, 2.05) is 20.8 Å². The monoisotopic (exact) mass is 641 g/mol. The first-order chi connectivity index (χ1) is 19.6. The van der Waals surface area contributed by atoms with Crippen molar-refractivity contribution >= 4 is 51.1 Å². The Kier molecular flexibility index (Phi) is 9.89. The SMILES string of the molecule is COc1ccc(Br)cc1CN1C(=O)[C@@H](NC(=O)[C@H](CC(C)(C)C)N(C)C(=O)O)[C@H](C)N(C(C)=O)c2cc(C#N)ccc21. The maximum absolute atomic E-state index is 14.4. The number of anilines is 2. The van der Waals surface area contributed by atoms with Gasteiger partial charge in [-0.3, -0.25) is 19.3 Å². The fourth-order valence-electron chi connectivity index (χ4n) is 5.09. The molecular weight excluding hydrogens is 606 g/mol. The summed E-state index contributed by atoms with van der Waals surface area (Å²) in [6.45, 7) is 8.65. The molecule has 0 bridgehead atoms. The lowest BCUT2D eigenvalue weighted by atomic mass is 9.87. The number of nitrogens with one attached hydrogen (secondary N) is 1. The van der Waals surface area contributed by atoms with Gasteiger partial charge in [-0.15, -0.1) is 0 Å². The number of carbonyl (C=O) groups excluding carboxylic acids is 3. The van der Waals surface area contributed by atoms with E-state index in [0.717, 1.165) is 9.37 Å². The minimum absolute atomic E-state index is 0.0195. The second-order valence-electron chi connectivity index (χ2n) is 11.5. The molecule has 2 aromatic rings. The fourth-order valence-corrected chi connectivity index (χ4v) is 5.50. The van der Waals surface area contributed by atoms with Gasteiger partial charge in [0.1, 0.15) is 17.8 Å². The van der Waals surface area contributed by atoms with Gasteiger partial charge in [-0.2, -0.15) is 5.26 Å². The van der Waals surface area contributed by atoms with Crippen molar-refractivity contribution in [3.8, 4) is 11.8 Å². The number of methoxy groups -OCH3 is 1. The second kappa shape index (κ2) is 12.8. The number of nitriles is 1. The van der Waals surface area contributed by atoms with E-state index in [1.54, 1.807) is 37.3 Å². The first-order valence-electron chi connectivity index (χ1n) is 13.3. The largest absolute Gasteiger partial charge is 0.496 e. The summed E-state index contributed by atoms with van der Waals surface area (Å²) >= 11 is 3.46. The lowest BCUT2D eigenvalue weighted by Crippen LogP contribution is -2.60. The van der Waals surface area contributed by atoms with Crippen molar-refractivity contribution in [3.05, 3.63) is 52.0 Å². The Hall–Kier alpha value is -4.11. The fraction of sp³-hybridized carbons (Fsp3) is 0.433. The molecule has 42 heavy (non-hydrogen) atoms. The van der Waals surface area contributed by atoms with Crippen molar-refractivity contribution in [2.45, 2.75) is 65.7 Å². The summed E-state index contributed by atoms with van der Waals surface area (Å²) in [7, 11) is 2.82. The van der Waals surface area contributed by atoms with Crippen molar-refractivity contribution < 1.29 is 29.0 Å². The lowest BCUT2D eigenvalue weighted by molar-refractivity contribution is -0.131. The molecule has 0 saturated heterocycles. The van der Waals surface area contributed by atoms with Gasteiger partial charge in [-0.25, -0.2) is 4.79 Å². The van der Waals surface area contributed by atoms with Crippen LogP contribution in [-0.2, 0) is 20.9 Å². The minimum Gasteiger partial charge on any atom is -0.496 e. The van der Waals surface area contributed by atoms with Crippen LogP contribution < -0.4 is 19.9 Å². The average molecular weight is 643 g/mol. The summed E-state index contributed by atoms with van der Waals surface area (Å²) in [5.41, 5.74) is 1.23. The number of likely N-dealkylation sites (N-methyl/N-ethyl adjacent to an activating group) is 1. The minimum atomic E-state index is -1.29. The highest BCUT2D eigenvalue weighted by molar-refractivity contribution is 9.10. The highest BCUT2D eigenvalue weighted by Crippen LogP contribution is 2.38. The molecular formula is C30H36BrN5O6. The summed E-state index contributed by atoms with van der Waals surface area (Å²) in [6, 6.07) is 8.91. The summed E-state index contributed by atoms with van der Waals surface area (Å²) in [6.07, 6.45) is -1.09. The van der Waals surface area contributed by atoms with E-state index in [9.17, 15) is 29.5 Å². The van der Waals surface area contributed by atoms with Crippen LogP contribution >= 0.6 is 15.9 Å². The molecule has 224 valence electrons. The first kappa shape index (κ1) is 32.4. The van der Waals surface area contributed by atoms with Crippen LogP contribution in [0.1, 0.15) is 52.2 Å². The first-order valence-corrected chi connectivity index (χ1v) is 14.1. The zero-order chi connectivity index (χ0) is 31.5. The smallest absolute Gasteiger partial charge is 0.407 e. The van der Waals surface area contributed by atoms with E-state index in [2.05, 4.69) is 27.3 Å². The van der Waals surface area contributed by atoms with Gasteiger partial charge in [-0.1, -0.05) is 36.7 Å². The number of hydrogen-bond acceptors (Lipinski definition) is 6. The average Bonchev–Trinajstić information content (AvgIpc) is 2.99. The van der Waals surface area contributed by atoms with Gasteiger partial charge >= 0.3 is 6.09 Å². The summed E-state index contributed by atoms with van der Waals surface area (Å²) in [5, 5.41) is 22.1. The molecule has 12 heteroatoms. The van der Waals surface area contributed by atoms with Crippen molar-refractivity contribution in [2.24, 2.45) is 5.41 Å². The van der Waals surface area contributed by atoms with Crippen LogP contribution in [0, 0.1) is 16.7 Å². The Morgan fingerprint density at radius 2 is 1.86 bits per heavy atom. The molecule has 1 aliphatic rings. The maximum atomic E-state index is 14.4. The number of nitrogens with zero attached hydrogens (tertiary/aromatic N) is 4. The molecule has 1 aliphatic heterocycles. The molecule has 11 nitrogen and oxygen atoms in total. The quantitative estimate of drug-likeness (QED) is 0.452. The lowest BCUT2D eigenvalue weighted by Gasteiger charge is -2.35. The Bertz CT molecular complexity index is 1430. The summed E-state index contributed by atoms with van der Waals surface area (Å²) in [4.78, 5) is 56.9. The van der Waals surface area contributed by atoms with Crippen LogP contribution in [0.4, 0.5) is 16.2 Å². The molecule has 0 saturated carbocycles. The topological polar surface area (TPSA) is 143 Å². The highest BCUT2D eigenvalue weighted by atomic mass is 79.9. The molecule has 0 radical (unpaired) electrons. The third-order valence-electron chi connectivity index (χ3n) is 7.16. The number of carboxylic acid groups (broad SMARTS) is 1. The third-order valence-corrected chi connectivity index (χ3v) is 7.66. The van der Waals surface area contributed by atoms with Crippen LogP contribution in [0.25, 0.3) is 0 Å². The molecule has 4 amide bonds. The number of halogens is 1. The molecule has 3 atom stereocenters. The van der Waals surface area contributed by atoms with Gasteiger partial charge in [0, 0.05) is 24.0 Å². The number of amides is 4. The van der Waals surface area contributed by atoms with E-state index in [0.29, 0.717) is 22.7 Å². The standard InChI is InChI=1S/C30H36BrN5O6/c1-17-26(33-27(38)24(14-30(3,4)5)34(6)29(40)41)28(39)35(16-20-13-21(31)9-11-25(20)42-7)22-10-8-19(15-32)12-23(22)36(17)18(2)37/h8-13,17,24,26H,14,16H2,1-7H3,(H,33,38)(H,40,41)/t17-,24-,26-/m0/s1. The van der Waals surface area contributed by atoms with Crippen molar-refractivity contribution in [2.75, 3.05) is 24.0 Å². The Balaban J connectivity index is 2.19.